The highest BCUT2D eigenvalue weighted by Crippen LogP contribution is 2.35. The van der Waals surface area contributed by atoms with E-state index in [-0.39, 0.29) is 12.1 Å². The number of hydrogen-bond acceptors (Lipinski definition) is 7. The lowest BCUT2D eigenvalue weighted by Gasteiger charge is -2.40. The highest BCUT2D eigenvalue weighted by atomic mass is 16.6. The predicted molar refractivity (Wildman–Crippen MR) is 133 cm³/mol. The number of rotatable bonds is 4. The van der Waals surface area contributed by atoms with Crippen molar-refractivity contribution in [3.8, 4) is 0 Å². The van der Waals surface area contributed by atoms with E-state index in [4.69, 9.17) is 19.7 Å². The summed E-state index contributed by atoms with van der Waals surface area (Å²) in [6.45, 7) is 8.97. The molecule has 2 fully saturated rings. The summed E-state index contributed by atoms with van der Waals surface area (Å²) in [6, 6.07) is 12.5. The van der Waals surface area contributed by atoms with Gasteiger partial charge in [-0.2, -0.15) is 0 Å². The molecular weight excluding hydrogens is 428 g/mol. The van der Waals surface area contributed by atoms with Crippen LogP contribution in [0.4, 0.5) is 16.4 Å². The number of para-hydroxylation sites is 1. The van der Waals surface area contributed by atoms with E-state index in [0.29, 0.717) is 5.92 Å². The molecular formula is C26H32N6O2. The molecule has 3 aromatic rings. The Morgan fingerprint density at radius 1 is 1.03 bits per heavy atom. The summed E-state index contributed by atoms with van der Waals surface area (Å²) in [6.07, 6.45) is 4.13. The fourth-order valence-electron chi connectivity index (χ4n) is 4.68. The summed E-state index contributed by atoms with van der Waals surface area (Å²) >= 11 is 0. The van der Waals surface area contributed by atoms with Gasteiger partial charge < -0.3 is 19.4 Å². The van der Waals surface area contributed by atoms with Crippen LogP contribution in [0.5, 0.6) is 0 Å². The molecule has 2 aliphatic heterocycles. The number of hydrogen-bond donors (Lipinski definition) is 0. The highest BCUT2D eigenvalue weighted by molar-refractivity contribution is 5.80. The minimum atomic E-state index is -0.502. The lowest BCUT2D eigenvalue weighted by molar-refractivity contribution is 0.0238. The maximum absolute atomic E-state index is 12.5. The van der Waals surface area contributed by atoms with E-state index in [1.807, 2.05) is 40.0 Å². The van der Waals surface area contributed by atoms with Crippen LogP contribution in [0.1, 0.15) is 38.8 Å². The smallest absolute Gasteiger partial charge is 0.410 e. The molecule has 1 atom stereocenters. The van der Waals surface area contributed by atoms with Gasteiger partial charge in [0.2, 0.25) is 0 Å². The molecule has 2 aliphatic rings. The van der Waals surface area contributed by atoms with Crippen molar-refractivity contribution in [3.63, 3.8) is 0 Å². The Kier molecular flexibility index (Phi) is 5.75. The standard InChI is InChI=1S/C26H32N6O2/c1-26(2,3)34-25(33)30(4)20-11-14-31(17-20)24-23(27-12-13-28-24)19-15-32(16-19)22-10-9-18-7-5-6-8-21(18)29-22/h5-10,12-13,19-20H,11,14-17H2,1-4H3/t20-/m1/s1. The van der Waals surface area contributed by atoms with E-state index in [2.05, 4.69) is 34.1 Å². The summed E-state index contributed by atoms with van der Waals surface area (Å²) in [5, 5.41) is 1.15. The third-order valence-electron chi connectivity index (χ3n) is 6.57. The Balaban J connectivity index is 1.25. The molecule has 178 valence electrons. The van der Waals surface area contributed by atoms with Gasteiger partial charge in [-0.3, -0.25) is 4.98 Å². The number of nitrogens with zero attached hydrogens (tertiary/aromatic N) is 6. The molecule has 0 aliphatic carbocycles. The van der Waals surface area contributed by atoms with Gasteiger partial charge in [-0.15, -0.1) is 0 Å². The fraction of sp³-hybridized carbons (Fsp3) is 0.462. The van der Waals surface area contributed by atoms with Crippen LogP contribution >= 0.6 is 0 Å². The number of anilines is 2. The molecule has 34 heavy (non-hydrogen) atoms. The third-order valence-corrected chi connectivity index (χ3v) is 6.57. The van der Waals surface area contributed by atoms with Crippen molar-refractivity contribution in [1.82, 2.24) is 19.9 Å². The van der Waals surface area contributed by atoms with Gasteiger partial charge in [0.25, 0.3) is 0 Å². The summed E-state index contributed by atoms with van der Waals surface area (Å²) < 4.78 is 5.55. The minimum Gasteiger partial charge on any atom is -0.444 e. The van der Waals surface area contributed by atoms with Gasteiger partial charge in [0.1, 0.15) is 11.4 Å². The van der Waals surface area contributed by atoms with Crippen LogP contribution in [0.2, 0.25) is 0 Å². The van der Waals surface area contributed by atoms with Crippen molar-refractivity contribution in [2.24, 2.45) is 0 Å². The summed E-state index contributed by atoms with van der Waals surface area (Å²) in [5.74, 6) is 2.24. The summed E-state index contributed by atoms with van der Waals surface area (Å²) in [4.78, 5) is 33.0. The second-order valence-corrected chi connectivity index (χ2v) is 10.2. The van der Waals surface area contributed by atoms with Crippen LogP contribution in [0.15, 0.2) is 48.8 Å². The molecule has 0 N–H and O–H groups in total. The number of pyridine rings is 1. The zero-order valence-corrected chi connectivity index (χ0v) is 20.3. The van der Waals surface area contributed by atoms with Crippen molar-refractivity contribution < 1.29 is 9.53 Å². The van der Waals surface area contributed by atoms with Crippen molar-refractivity contribution in [3.05, 3.63) is 54.5 Å². The number of ether oxygens (including phenoxy) is 1. The summed E-state index contributed by atoms with van der Waals surface area (Å²) in [7, 11) is 1.82. The molecule has 0 spiro atoms. The van der Waals surface area contributed by atoms with Crippen LogP contribution in [-0.4, -0.2) is 70.8 Å². The molecule has 4 heterocycles. The molecule has 2 aromatic heterocycles. The molecule has 0 bridgehead atoms. The van der Waals surface area contributed by atoms with E-state index in [1.54, 1.807) is 17.3 Å². The minimum absolute atomic E-state index is 0.0874. The number of aromatic nitrogens is 3. The number of fused-ring (bicyclic) bond motifs is 1. The van der Waals surface area contributed by atoms with Gasteiger partial charge in [0.05, 0.1) is 17.3 Å². The first-order valence-corrected chi connectivity index (χ1v) is 11.9. The quantitative estimate of drug-likeness (QED) is 0.581. The molecule has 0 unspecified atom stereocenters. The van der Waals surface area contributed by atoms with E-state index >= 15 is 0 Å². The Labute approximate surface area is 200 Å². The van der Waals surface area contributed by atoms with E-state index in [9.17, 15) is 4.79 Å². The first kappa shape index (κ1) is 22.4. The van der Waals surface area contributed by atoms with Crippen LogP contribution in [-0.2, 0) is 4.74 Å². The Hall–Kier alpha value is -3.42. The SMILES string of the molecule is CN(C(=O)OC(C)(C)C)[C@@H]1CCN(c2nccnc2C2CN(c3ccc4ccccc4n3)C2)C1. The Morgan fingerprint density at radius 3 is 2.59 bits per heavy atom. The zero-order valence-electron chi connectivity index (χ0n) is 20.3. The van der Waals surface area contributed by atoms with Gasteiger partial charge >= 0.3 is 6.09 Å². The average molecular weight is 461 g/mol. The van der Waals surface area contributed by atoms with E-state index in [1.165, 1.54) is 0 Å². The molecule has 5 rings (SSSR count). The lowest BCUT2D eigenvalue weighted by Crippen LogP contribution is -2.46. The molecule has 0 saturated carbocycles. The van der Waals surface area contributed by atoms with Crippen LogP contribution < -0.4 is 9.80 Å². The largest absolute Gasteiger partial charge is 0.444 e. The Morgan fingerprint density at radius 2 is 1.79 bits per heavy atom. The van der Waals surface area contributed by atoms with Gasteiger partial charge in [0, 0.05) is 56.9 Å². The lowest BCUT2D eigenvalue weighted by atomic mass is 9.95. The van der Waals surface area contributed by atoms with Crippen LogP contribution in [0.25, 0.3) is 10.9 Å². The van der Waals surface area contributed by atoms with Gasteiger partial charge in [-0.05, 0) is 45.4 Å². The first-order chi connectivity index (χ1) is 16.3. The number of benzene rings is 1. The van der Waals surface area contributed by atoms with Crippen molar-refractivity contribution in [2.75, 3.05) is 43.0 Å². The highest BCUT2D eigenvalue weighted by Gasteiger charge is 2.36. The predicted octanol–water partition coefficient (Wildman–Crippen LogP) is 4.07. The van der Waals surface area contributed by atoms with Gasteiger partial charge in [-0.25, -0.2) is 14.8 Å². The molecule has 8 heteroatoms. The monoisotopic (exact) mass is 460 g/mol. The maximum atomic E-state index is 12.5. The molecule has 1 aromatic carbocycles. The number of amides is 1. The van der Waals surface area contributed by atoms with Crippen LogP contribution in [0, 0.1) is 0 Å². The second kappa shape index (κ2) is 8.74. The molecule has 0 radical (unpaired) electrons. The first-order valence-electron chi connectivity index (χ1n) is 11.9. The maximum Gasteiger partial charge on any atom is 0.410 e. The fourth-order valence-corrected chi connectivity index (χ4v) is 4.68. The Bertz CT molecular complexity index is 1190. The molecule has 2 saturated heterocycles. The van der Waals surface area contributed by atoms with Gasteiger partial charge in [-0.1, -0.05) is 18.2 Å². The van der Waals surface area contributed by atoms with Gasteiger partial charge in [0.15, 0.2) is 5.82 Å². The number of likely N-dealkylation sites (N-methyl/N-ethyl adjacent to an activating group) is 1. The third kappa shape index (κ3) is 4.49. The second-order valence-electron chi connectivity index (χ2n) is 10.2. The molecule has 1 amide bonds. The number of carbonyl (C=O) groups excluding carboxylic acids is 1. The van der Waals surface area contributed by atoms with Crippen molar-refractivity contribution >= 4 is 28.6 Å². The summed E-state index contributed by atoms with van der Waals surface area (Å²) in [5.41, 5.74) is 1.54. The topological polar surface area (TPSA) is 74.7 Å². The van der Waals surface area contributed by atoms with E-state index < -0.39 is 5.60 Å². The zero-order chi connectivity index (χ0) is 23.9. The van der Waals surface area contributed by atoms with Crippen molar-refractivity contribution in [1.29, 1.82) is 0 Å². The van der Waals surface area contributed by atoms with E-state index in [0.717, 1.165) is 60.8 Å². The van der Waals surface area contributed by atoms with Crippen LogP contribution in [0.3, 0.4) is 0 Å². The normalized spacial score (nSPS) is 18.8. The number of carbonyl (C=O) groups is 1. The van der Waals surface area contributed by atoms with Crippen molar-refractivity contribution in [2.45, 2.75) is 44.8 Å². The molecule has 8 nitrogen and oxygen atoms in total. The average Bonchev–Trinajstić information content (AvgIpc) is 3.27.